The van der Waals surface area contributed by atoms with E-state index < -0.39 is 5.82 Å². The Hall–Kier alpha value is -1.95. The lowest BCUT2D eigenvalue weighted by atomic mass is 10.2. The Morgan fingerprint density at radius 1 is 1.32 bits per heavy atom. The van der Waals surface area contributed by atoms with Gasteiger partial charge in [0.25, 0.3) is 5.91 Å². The Bertz CT molecular complexity index is 653. The molecule has 0 unspecified atom stereocenters. The highest BCUT2D eigenvalue weighted by molar-refractivity contribution is 7.13. The van der Waals surface area contributed by atoms with Gasteiger partial charge in [-0.15, -0.1) is 11.3 Å². The minimum absolute atomic E-state index is 0.126. The number of thiazole rings is 1. The minimum Gasteiger partial charge on any atom is -0.494 e. The van der Waals surface area contributed by atoms with Crippen molar-refractivity contribution in [1.82, 2.24) is 9.88 Å². The molecule has 0 N–H and O–H groups in total. The van der Waals surface area contributed by atoms with Crippen molar-refractivity contribution in [3.63, 3.8) is 0 Å². The van der Waals surface area contributed by atoms with Gasteiger partial charge in [-0.3, -0.25) is 4.79 Å². The van der Waals surface area contributed by atoms with E-state index in [0.717, 1.165) is 0 Å². The Morgan fingerprint density at radius 3 is 2.64 bits per heavy atom. The Labute approximate surface area is 133 Å². The van der Waals surface area contributed by atoms with Gasteiger partial charge in [-0.25, -0.2) is 9.37 Å². The lowest BCUT2D eigenvalue weighted by Crippen LogP contribution is -2.30. The van der Waals surface area contributed by atoms with Crippen molar-refractivity contribution in [2.45, 2.75) is 20.8 Å². The predicted molar refractivity (Wildman–Crippen MR) is 85.9 cm³/mol. The Balaban J connectivity index is 2.26. The van der Waals surface area contributed by atoms with Crippen LogP contribution in [0, 0.1) is 5.82 Å². The molecule has 0 bridgehead atoms. The van der Waals surface area contributed by atoms with E-state index in [1.54, 1.807) is 22.4 Å². The number of nitrogens with zero attached hydrogens (tertiary/aromatic N) is 2. The lowest BCUT2D eigenvalue weighted by molar-refractivity contribution is 0.0768. The third-order valence-electron chi connectivity index (χ3n) is 3.26. The number of halogens is 1. The minimum atomic E-state index is -0.401. The van der Waals surface area contributed by atoms with E-state index in [0.29, 0.717) is 41.7 Å². The van der Waals surface area contributed by atoms with E-state index in [2.05, 4.69) is 4.98 Å². The largest absolute Gasteiger partial charge is 0.494 e. The van der Waals surface area contributed by atoms with Crippen molar-refractivity contribution < 1.29 is 13.9 Å². The van der Waals surface area contributed by atoms with Crippen LogP contribution in [0.2, 0.25) is 0 Å². The standard InChI is InChI=1S/C16H19FN2O2S/c1-4-19(5-2)16(20)14-10-22-15(18-14)12-8-7-11(21-6-3)9-13(12)17/h7-10H,4-6H2,1-3H3. The first-order valence-corrected chi connectivity index (χ1v) is 8.16. The highest BCUT2D eigenvalue weighted by atomic mass is 32.1. The van der Waals surface area contributed by atoms with Crippen molar-refractivity contribution in [3.8, 4) is 16.3 Å². The molecular formula is C16H19FN2O2S. The molecule has 0 aliphatic carbocycles. The summed E-state index contributed by atoms with van der Waals surface area (Å²) in [5.74, 6) is -0.0410. The SMILES string of the molecule is CCOc1ccc(-c2nc(C(=O)N(CC)CC)cs2)c(F)c1. The second kappa shape index (κ2) is 7.35. The zero-order valence-corrected chi connectivity index (χ0v) is 13.7. The summed E-state index contributed by atoms with van der Waals surface area (Å²) in [5, 5.41) is 2.17. The maximum Gasteiger partial charge on any atom is 0.273 e. The summed E-state index contributed by atoms with van der Waals surface area (Å²) in [6, 6.07) is 4.67. The highest BCUT2D eigenvalue weighted by Gasteiger charge is 2.18. The van der Waals surface area contributed by atoms with Crippen LogP contribution in [0.1, 0.15) is 31.3 Å². The average Bonchev–Trinajstić information content (AvgIpc) is 2.98. The first-order chi connectivity index (χ1) is 10.6. The number of hydrogen-bond donors (Lipinski definition) is 0. The third-order valence-corrected chi connectivity index (χ3v) is 4.13. The molecule has 1 amide bonds. The summed E-state index contributed by atoms with van der Waals surface area (Å²) >= 11 is 1.26. The molecule has 0 radical (unpaired) electrons. The fourth-order valence-electron chi connectivity index (χ4n) is 2.09. The van der Waals surface area contributed by atoms with Gasteiger partial charge < -0.3 is 9.64 Å². The van der Waals surface area contributed by atoms with Crippen molar-refractivity contribution in [2.24, 2.45) is 0 Å². The summed E-state index contributed by atoms with van der Waals surface area (Å²) in [6.07, 6.45) is 0. The summed E-state index contributed by atoms with van der Waals surface area (Å²) in [4.78, 5) is 18.2. The quantitative estimate of drug-likeness (QED) is 0.812. The highest BCUT2D eigenvalue weighted by Crippen LogP contribution is 2.29. The van der Waals surface area contributed by atoms with Gasteiger partial charge in [-0.05, 0) is 32.9 Å². The Morgan fingerprint density at radius 2 is 2.05 bits per heavy atom. The molecule has 0 spiro atoms. The van der Waals surface area contributed by atoms with Crippen LogP contribution < -0.4 is 4.74 Å². The van der Waals surface area contributed by atoms with Gasteiger partial charge >= 0.3 is 0 Å². The van der Waals surface area contributed by atoms with E-state index >= 15 is 0 Å². The van der Waals surface area contributed by atoms with Crippen LogP contribution in [0.25, 0.3) is 10.6 Å². The van der Waals surface area contributed by atoms with Crippen molar-refractivity contribution >= 4 is 17.2 Å². The van der Waals surface area contributed by atoms with Gasteiger partial charge in [0.2, 0.25) is 0 Å². The third kappa shape index (κ3) is 3.44. The molecule has 0 aliphatic heterocycles. The maximum atomic E-state index is 14.2. The molecule has 0 atom stereocenters. The smallest absolute Gasteiger partial charge is 0.273 e. The molecule has 1 aromatic carbocycles. The van der Waals surface area contributed by atoms with Crippen LogP contribution in [0.4, 0.5) is 4.39 Å². The molecule has 2 rings (SSSR count). The maximum absolute atomic E-state index is 14.2. The summed E-state index contributed by atoms with van der Waals surface area (Å²) in [5.41, 5.74) is 0.740. The van der Waals surface area contributed by atoms with Crippen molar-refractivity contribution in [3.05, 3.63) is 35.1 Å². The van der Waals surface area contributed by atoms with Crippen LogP contribution in [-0.4, -0.2) is 35.5 Å². The molecule has 1 heterocycles. The van der Waals surface area contributed by atoms with E-state index in [9.17, 15) is 9.18 Å². The zero-order valence-electron chi connectivity index (χ0n) is 12.9. The van der Waals surface area contributed by atoms with Crippen LogP contribution in [0.15, 0.2) is 23.6 Å². The second-order valence-corrected chi connectivity index (χ2v) is 5.45. The van der Waals surface area contributed by atoms with Crippen molar-refractivity contribution in [2.75, 3.05) is 19.7 Å². The molecule has 0 aliphatic rings. The summed E-state index contributed by atoms with van der Waals surface area (Å²) < 4.78 is 19.4. The number of hydrogen-bond acceptors (Lipinski definition) is 4. The van der Waals surface area contributed by atoms with Crippen LogP contribution in [0.5, 0.6) is 5.75 Å². The normalized spacial score (nSPS) is 10.5. The van der Waals surface area contributed by atoms with E-state index in [1.807, 2.05) is 20.8 Å². The van der Waals surface area contributed by atoms with E-state index in [1.165, 1.54) is 17.4 Å². The topological polar surface area (TPSA) is 42.4 Å². The second-order valence-electron chi connectivity index (χ2n) is 4.59. The number of benzene rings is 1. The van der Waals surface area contributed by atoms with Crippen LogP contribution in [0.3, 0.4) is 0 Å². The molecule has 0 saturated carbocycles. The fraction of sp³-hybridized carbons (Fsp3) is 0.375. The van der Waals surface area contributed by atoms with Gasteiger partial charge in [0.1, 0.15) is 22.3 Å². The molecular weight excluding hydrogens is 303 g/mol. The predicted octanol–water partition coefficient (Wildman–Crippen LogP) is 3.83. The molecule has 4 nitrogen and oxygen atoms in total. The number of carbonyl (C=O) groups is 1. The first-order valence-electron chi connectivity index (χ1n) is 7.28. The van der Waals surface area contributed by atoms with Crippen LogP contribution in [-0.2, 0) is 0 Å². The lowest BCUT2D eigenvalue weighted by Gasteiger charge is -2.16. The summed E-state index contributed by atoms with van der Waals surface area (Å²) in [7, 11) is 0. The van der Waals surface area contributed by atoms with Crippen LogP contribution >= 0.6 is 11.3 Å². The monoisotopic (exact) mass is 322 g/mol. The van der Waals surface area contributed by atoms with Gasteiger partial charge in [0.05, 0.1) is 6.61 Å². The molecule has 6 heteroatoms. The van der Waals surface area contributed by atoms with Gasteiger partial charge in [0, 0.05) is 30.1 Å². The molecule has 118 valence electrons. The molecule has 0 fully saturated rings. The number of amides is 1. The number of carbonyl (C=O) groups excluding carboxylic acids is 1. The molecule has 22 heavy (non-hydrogen) atoms. The molecule has 1 aromatic heterocycles. The van der Waals surface area contributed by atoms with Gasteiger partial charge in [-0.1, -0.05) is 0 Å². The number of rotatable bonds is 6. The first kappa shape index (κ1) is 16.4. The Kier molecular flexibility index (Phi) is 5.49. The van der Waals surface area contributed by atoms with E-state index in [4.69, 9.17) is 4.74 Å². The molecule has 0 saturated heterocycles. The van der Waals surface area contributed by atoms with Gasteiger partial charge in [-0.2, -0.15) is 0 Å². The molecule has 2 aromatic rings. The van der Waals surface area contributed by atoms with Crippen molar-refractivity contribution in [1.29, 1.82) is 0 Å². The average molecular weight is 322 g/mol. The van der Waals surface area contributed by atoms with Gasteiger partial charge in [0.15, 0.2) is 0 Å². The zero-order chi connectivity index (χ0) is 16.1. The van der Waals surface area contributed by atoms with E-state index in [-0.39, 0.29) is 5.91 Å². The fourth-order valence-corrected chi connectivity index (χ4v) is 2.91. The number of ether oxygens (including phenoxy) is 1. The number of aromatic nitrogens is 1. The summed E-state index contributed by atoms with van der Waals surface area (Å²) in [6.45, 7) is 7.41.